The molecule has 0 saturated heterocycles. The maximum absolute atomic E-state index is 13.7. The number of hydrogen-bond acceptors (Lipinski definition) is 8. The minimum absolute atomic E-state index is 0.201. The number of aromatic nitrogens is 5. The molecule has 5 aromatic rings. The van der Waals surface area contributed by atoms with Gasteiger partial charge in [-0.15, -0.1) is 5.10 Å². The Hall–Kier alpha value is -4.86. The van der Waals surface area contributed by atoms with Gasteiger partial charge in [-0.2, -0.15) is 0 Å². The number of para-hydroxylation sites is 1. The van der Waals surface area contributed by atoms with Crippen molar-refractivity contribution in [1.82, 2.24) is 25.2 Å². The number of ether oxygens (including phenoxy) is 3. The van der Waals surface area contributed by atoms with Gasteiger partial charge < -0.3 is 24.1 Å². The van der Waals surface area contributed by atoms with Crippen molar-refractivity contribution < 1.29 is 14.2 Å². The molecule has 0 spiro atoms. The third-order valence-corrected chi connectivity index (χ3v) is 7.36. The van der Waals surface area contributed by atoms with Gasteiger partial charge in [0, 0.05) is 29.2 Å². The summed E-state index contributed by atoms with van der Waals surface area (Å²) in [6, 6.07) is 21.2. The maximum Gasteiger partial charge on any atom is 0.254 e. The molecule has 0 aliphatic carbocycles. The number of tetrazole rings is 1. The van der Waals surface area contributed by atoms with Crippen LogP contribution in [0.1, 0.15) is 28.6 Å². The van der Waals surface area contributed by atoms with E-state index in [2.05, 4.69) is 37.5 Å². The minimum atomic E-state index is -0.511. The van der Waals surface area contributed by atoms with Gasteiger partial charge in [-0.25, -0.2) is 4.68 Å². The van der Waals surface area contributed by atoms with Crippen LogP contribution in [0.25, 0.3) is 10.9 Å². The van der Waals surface area contributed by atoms with E-state index in [0.717, 1.165) is 35.4 Å². The number of aromatic amines is 1. The van der Waals surface area contributed by atoms with Crippen molar-refractivity contribution in [3.8, 4) is 17.2 Å². The molecule has 0 unspecified atom stereocenters. The zero-order valence-corrected chi connectivity index (χ0v) is 21.3. The van der Waals surface area contributed by atoms with Crippen LogP contribution in [0.2, 0.25) is 0 Å². The summed E-state index contributed by atoms with van der Waals surface area (Å²) in [7, 11) is 1.64. The molecule has 0 bridgehead atoms. The second-order valence-electron chi connectivity index (χ2n) is 9.65. The molecular formula is C29H26N6O4. The van der Waals surface area contributed by atoms with E-state index in [1.807, 2.05) is 54.6 Å². The van der Waals surface area contributed by atoms with Gasteiger partial charge in [0.15, 0.2) is 17.3 Å². The fraction of sp³-hybridized carbons (Fsp3) is 0.241. The van der Waals surface area contributed by atoms with E-state index in [1.165, 1.54) is 5.56 Å². The Morgan fingerprint density at radius 2 is 1.82 bits per heavy atom. The first-order valence-corrected chi connectivity index (χ1v) is 12.9. The molecule has 196 valence electrons. The average molecular weight is 523 g/mol. The van der Waals surface area contributed by atoms with Crippen molar-refractivity contribution in [3.63, 3.8) is 0 Å². The number of H-pyrrole nitrogens is 1. The second-order valence-corrected chi connectivity index (χ2v) is 9.65. The van der Waals surface area contributed by atoms with Crippen molar-refractivity contribution in [2.75, 3.05) is 31.8 Å². The Balaban J connectivity index is 1.37. The number of benzene rings is 3. The number of anilines is 1. The predicted octanol–water partition coefficient (Wildman–Crippen LogP) is 3.49. The molecule has 0 radical (unpaired) electrons. The number of hydrogen-bond donors (Lipinski definition) is 1. The van der Waals surface area contributed by atoms with Crippen molar-refractivity contribution in [3.05, 3.63) is 99.6 Å². The smallest absolute Gasteiger partial charge is 0.254 e. The third kappa shape index (κ3) is 4.14. The minimum Gasteiger partial charge on any atom is -0.497 e. The van der Waals surface area contributed by atoms with Crippen LogP contribution in [0.5, 0.6) is 17.2 Å². The van der Waals surface area contributed by atoms with Gasteiger partial charge in [0.2, 0.25) is 0 Å². The zero-order valence-electron chi connectivity index (χ0n) is 21.3. The molecule has 3 aromatic carbocycles. The molecule has 1 N–H and O–H groups in total. The lowest BCUT2D eigenvalue weighted by molar-refractivity contribution is 0.172. The fourth-order valence-corrected chi connectivity index (χ4v) is 5.47. The molecule has 2 aliphatic rings. The quantitative estimate of drug-likeness (QED) is 0.361. The van der Waals surface area contributed by atoms with E-state index >= 15 is 0 Å². The van der Waals surface area contributed by atoms with Gasteiger partial charge in [-0.1, -0.05) is 30.3 Å². The standard InChI is InChI=1S/C29H26N6O4/c1-37-21-8-6-18(7-9-21)17-35-28(31-32-33-35)27(34-11-10-19-4-2-3-5-24(19)34)22-14-20-15-25-26(39-13-12-38-25)16-23(20)30-29(22)36/h2-9,14-16,27H,10-13,17H2,1H3,(H,30,36)/t27-/m1/s1. The van der Waals surface area contributed by atoms with E-state index in [-0.39, 0.29) is 5.56 Å². The highest BCUT2D eigenvalue weighted by atomic mass is 16.6. The zero-order chi connectivity index (χ0) is 26.3. The normalized spacial score (nSPS) is 14.8. The van der Waals surface area contributed by atoms with Gasteiger partial charge in [-0.3, -0.25) is 4.79 Å². The molecular weight excluding hydrogens is 496 g/mol. The van der Waals surface area contributed by atoms with Crippen LogP contribution in [0.15, 0.2) is 71.5 Å². The summed E-state index contributed by atoms with van der Waals surface area (Å²) < 4.78 is 18.6. The largest absolute Gasteiger partial charge is 0.497 e. The Morgan fingerprint density at radius 1 is 1.03 bits per heavy atom. The molecule has 0 saturated carbocycles. The highest BCUT2D eigenvalue weighted by molar-refractivity contribution is 5.83. The Kier molecular flexibility index (Phi) is 5.65. The van der Waals surface area contributed by atoms with Crippen LogP contribution >= 0.6 is 0 Å². The molecule has 0 amide bonds. The summed E-state index contributed by atoms with van der Waals surface area (Å²) in [5.74, 6) is 2.66. The van der Waals surface area contributed by atoms with Crippen LogP contribution < -0.4 is 24.7 Å². The van der Waals surface area contributed by atoms with Gasteiger partial charge >= 0.3 is 0 Å². The monoisotopic (exact) mass is 522 g/mol. The Bertz CT molecular complexity index is 1730. The average Bonchev–Trinajstić information content (AvgIpc) is 3.60. The second kappa shape index (κ2) is 9.46. The van der Waals surface area contributed by atoms with E-state index < -0.39 is 6.04 Å². The SMILES string of the molecule is COc1ccc(Cn2nnnc2[C@@H](c2cc3cc4c(cc3[nH]c2=O)OCCO4)N2CCc3ccccc32)cc1. The molecule has 1 atom stereocenters. The summed E-state index contributed by atoms with van der Waals surface area (Å²) in [6.07, 6.45) is 0.872. The first-order valence-electron chi connectivity index (χ1n) is 12.9. The number of rotatable bonds is 6. The van der Waals surface area contributed by atoms with Crippen molar-refractivity contribution in [2.24, 2.45) is 0 Å². The fourth-order valence-electron chi connectivity index (χ4n) is 5.47. The van der Waals surface area contributed by atoms with Crippen LogP contribution in [-0.2, 0) is 13.0 Å². The number of methoxy groups -OCH3 is 1. The van der Waals surface area contributed by atoms with E-state index in [9.17, 15) is 4.79 Å². The molecule has 4 heterocycles. The van der Waals surface area contributed by atoms with Crippen LogP contribution in [0.4, 0.5) is 5.69 Å². The number of nitrogens with zero attached hydrogens (tertiary/aromatic N) is 5. The lowest BCUT2D eigenvalue weighted by Crippen LogP contribution is -2.34. The number of pyridine rings is 1. The third-order valence-electron chi connectivity index (χ3n) is 7.36. The van der Waals surface area contributed by atoms with Crippen LogP contribution in [0, 0.1) is 0 Å². The van der Waals surface area contributed by atoms with Crippen molar-refractivity contribution >= 4 is 16.6 Å². The first kappa shape index (κ1) is 23.3. The highest BCUT2D eigenvalue weighted by Crippen LogP contribution is 2.39. The molecule has 2 aliphatic heterocycles. The summed E-state index contributed by atoms with van der Waals surface area (Å²) in [6.45, 7) is 2.15. The van der Waals surface area contributed by atoms with Crippen LogP contribution in [0.3, 0.4) is 0 Å². The van der Waals surface area contributed by atoms with Gasteiger partial charge in [0.05, 0.1) is 19.2 Å². The maximum atomic E-state index is 13.7. The summed E-state index contributed by atoms with van der Waals surface area (Å²) in [4.78, 5) is 19.0. The number of fused-ring (bicyclic) bond motifs is 3. The van der Waals surface area contributed by atoms with Gasteiger partial charge in [0.25, 0.3) is 5.56 Å². The highest BCUT2D eigenvalue weighted by Gasteiger charge is 2.34. The molecule has 0 fully saturated rings. The van der Waals surface area contributed by atoms with Crippen molar-refractivity contribution in [2.45, 2.75) is 19.0 Å². The lowest BCUT2D eigenvalue weighted by atomic mass is 10.0. The molecule has 10 heteroatoms. The summed E-state index contributed by atoms with van der Waals surface area (Å²) in [5.41, 5.74) is 4.36. The van der Waals surface area contributed by atoms with Crippen LogP contribution in [-0.4, -0.2) is 52.1 Å². The molecule has 7 rings (SSSR count). The summed E-state index contributed by atoms with van der Waals surface area (Å²) in [5, 5.41) is 13.7. The van der Waals surface area contributed by atoms with Gasteiger partial charge in [0.1, 0.15) is 25.0 Å². The van der Waals surface area contributed by atoms with Crippen molar-refractivity contribution in [1.29, 1.82) is 0 Å². The molecule has 39 heavy (non-hydrogen) atoms. The number of nitrogens with one attached hydrogen (secondary N) is 1. The topological polar surface area (TPSA) is 107 Å². The van der Waals surface area contributed by atoms with E-state index in [0.29, 0.717) is 48.2 Å². The summed E-state index contributed by atoms with van der Waals surface area (Å²) >= 11 is 0. The lowest BCUT2D eigenvalue weighted by Gasteiger charge is -2.29. The van der Waals surface area contributed by atoms with E-state index in [4.69, 9.17) is 14.2 Å². The van der Waals surface area contributed by atoms with Gasteiger partial charge in [-0.05, 0) is 58.3 Å². The predicted molar refractivity (Wildman–Crippen MR) is 145 cm³/mol. The Labute approximate surface area is 223 Å². The molecule has 2 aromatic heterocycles. The first-order chi connectivity index (χ1) is 19.2. The molecule has 10 nitrogen and oxygen atoms in total. The Morgan fingerprint density at radius 3 is 2.64 bits per heavy atom. The van der Waals surface area contributed by atoms with E-state index in [1.54, 1.807) is 11.8 Å².